The Morgan fingerprint density at radius 1 is 1.33 bits per heavy atom. The van der Waals surface area contributed by atoms with Gasteiger partial charge in [-0.3, -0.25) is 0 Å². The Bertz CT molecular complexity index is 389. The number of benzene rings is 1. The van der Waals surface area contributed by atoms with Crippen molar-refractivity contribution in [3.8, 4) is 11.5 Å². The number of rotatable bonds is 6. The van der Waals surface area contributed by atoms with Gasteiger partial charge in [-0.25, -0.2) is 0 Å². The van der Waals surface area contributed by atoms with Crippen molar-refractivity contribution < 1.29 is 14.6 Å². The van der Waals surface area contributed by atoms with Crippen LogP contribution < -0.4 is 14.8 Å². The van der Waals surface area contributed by atoms with E-state index in [4.69, 9.17) is 9.47 Å². The van der Waals surface area contributed by atoms with E-state index in [1.165, 1.54) is 5.56 Å². The van der Waals surface area contributed by atoms with Gasteiger partial charge in [0.1, 0.15) is 0 Å². The Hall–Kier alpha value is -1.26. The molecule has 1 aromatic rings. The molecule has 1 fully saturated rings. The Labute approximate surface area is 108 Å². The van der Waals surface area contributed by atoms with Crippen molar-refractivity contribution in [3.05, 3.63) is 23.8 Å². The highest BCUT2D eigenvalue weighted by Crippen LogP contribution is 2.28. The van der Waals surface area contributed by atoms with Gasteiger partial charge in [0.05, 0.1) is 19.8 Å². The predicted molar refractivity (Wildman–Crippen MR) is 70.0 cm³/mol. The highest BCUT2D eigenvalue weighted by Gasteiger charge is 2.26. The van der Waals surface area contributed by atoms with E-state index in [9.17, 15) is 5.11 Å². The number of nitrogens with one attached hydrogen (secondary N) is 1. The van der Waals surface area contributed by atoms with Crippen LogP contribution in [0.1, 0.15) is 25.3 Å². The average Bonchev–Trinajstić information content (AvgIpc) is 2.34. The number of methoxy groups -OCH3 is 1. The summed E-state index contributed by atoms with van der Waals surface area (Å²) in [4.78, 5) is 0. The van der Waals surface area contributed by atoms with Crippen molar-refractivity contribution in [3.63, 3.8) is 0 Å². The molecule has 0 aliphatic heterocycles. The minimum Gasteiger partial charge on any atom is -0.493 e. The lowest BCUT2D eigenvalue weighted by Gasteiger charge is -2.32. The van der Waals surface area contributed by atoms with Crippen LogP contribution in [0.3, 0.4) is 0 Å². The Kier molecular flexibility index (Phi) is 4.44. The van der Waals surface area contributed by atoms with E-state index in [2.05, 4.69) is 5.32 Å². The van der Waals surface area contributed by atoms with E-state index < -0.39 is 0 Å². The standard InChI is InChI=1S/C14H21NO3/c1-3-18-14-6-10(4-5-13(14)17-2)9-15-11-7-12(16)8-11/h4-6,11-12,15-16H,3,7-9H2,1-2H3. The lowest BCUT2D eigenvalue weighted by Crippen LogP contribution is -2.43. The molecule has 0 radical (unpaired) electrons. The van der Waals surface area contributed by atoms with E-state index in [1.54, 1.807) is 7.11 Å². The minimum absolute atomic E-state index is 0.114. The minimum atomic E-state index is -0.114. The van der Waals surface area contributed by atoms with Gasteiger partial charge < -0.3 is 19.9 Å². The highest BCUT2D eigenvalue weighted by atomic mass is 16.5. The summed E-state index contributed by atoms with van der Waals surface area (Å²) in [5.41, 5.74) is 1.17. The third-order valence-electron chi connectivity index (χ3n) is 3.24. The molecule has 0 bridgehead atoms. The van der Waals surface area contributed by atoms with Crippen molar-refractivity contribution in [1.82, 2.24) is 5.32 Å². The molecule has 0 saturated heterocycles. The van der Waals surface area contributed by atoms with Crippen LogP contribution in [0.25, 0.3) is 0 Å². The quantitative estimate of drug-likeness (QED) is 0.808. The number of ether oxygens (including phenoxy) is 2. The molecule has 0 spiro atoms. The summed E-state index contributed by atoms with van der Waals surface area (Å²) in [7, 11) is 1.64. The van der Waals surface area contributed by atoms with Crippen LogP contribution in [0.4, 0.5) is 0 Å². The summed E-state index contributed by atoms with van der Waals surface area (Å²) >= 11 is 0. The first-order valence-corrected chi connectivity index (χ1v) is 6.44. The molecular formula is C14H21NO3. The van der Waals surface area contributed by atoms with Gasteiger partial charge in [-0.1, -0.05) is 6.07 Å². The normalized spacial score (nSPS) is 22.4. The summed E-state index contributed by atoms with van der Waals surface area (Å²) in [5, 5.41) is 12.6. The molecule has 100 valence electrons. The Morgan fingerprint density at radius 2 is 2.11 bits per heavy atom. The van der Waals surface area contributed by atoms with E-state index in [0.29, 0.717) is 12.6 Å². The SMILES string of the molecule is CCOc1cc(CNC2CC(O)C2)ccc1OC. The molecule has 1 saturated carbocycles. The van der Waals surface area contributed by atoms with Crippen LogP contribution in [-0.4, -0.2) is 31.0 Å². The topological polar surface area (TPSA) is 50.7 Å². The summed E-state index contributed by atoms with van der Waals surface area (Å²) < 4.78 is 10.8. The van der Waals surface area contributed by atoms with Crippen molar-refractivity contribution in [1.29, 1.82) is 0 Å². The summed E-state index contributed by atoms with van der Waals surface area (Å²) in [6, 6.07) is 6.41. The van der Waals surface area contributed by atoms with Crippen LogP contribution >= 0.6 is 0 Å². The van der Waals surface area contributed by atoms with Gasteiger partial charge in [-0.2, -0.15) is 0 Å². The first kappa shape index (κ1) is 13.2. The third-order valence-corrected chi connectivity index (χ3v) is 3.24. The molecule has 1 aliphatic carbocycles. The van der Waals surface area contributed by atoms with Crippen molar-refractivity contribution in [2.75, 3.05) is 13.7 Å². The van der Waals surface area contributed by atoms with Crippen LogP contribution in [0.5, 0.6) is 11.5 Å². The second-order valence-electron chi connectivity index (χ2n) is 4.62. The van der Waals surface area contributed by atoms with Crippen molar-refractivity contribution in [2.24, 2.45) is 0 Å². The lowest BCUT2D eigenvalue weighted by molar-refractivity contribution is 0.0619. The zero-order chi connectivity index (χ0) is 13.0. The molecule has 0 unspecified atom stereocenters. The summed E-state index contributed by atoms with van der Waals surface area (Å²) in [5.74, 6) is 1.55. The van der Waals surface area contributed by atoms with E-state index >= 15 is 0 Å². The van der Waals surface area contributed by atoms with Gasteiger partial charge in [0.15, 0.2) is 11.5 Å². The van der Waals surface area contributed by atoms with Crippen LogP contribution in [0.2, 0.25) is 0 Å². The maximum Gasteiger partial charge on any atom is 0.161 e. The molecule has 2 rings (SSSR count). The van der Waals surface area contributed by atoms with Crippen LogP contribution in [0.15, 0.2) is 18.2 Å². The van der Waals surface area contributed by atoms with E-state index in [1.807, 2.05) is 25.1 Å². The molecule has 4 heteroatoms. The second-order valence-corrected chi connectivity index (χ2v) is 4.62. The molecular weight excluding hydrogens is 230 g/mol. The molecule has 0 amide bonds. The molecule has 4 nitrogen and oxygen atoms in total. The smallest absolute Gasteiger partial charge is 0.161 e. The lowest BCUT2D eigenvalue weighted by atomic mass is 9.89. The summed E-state index contributed by atoms with van der Waals surface area (Å²) in [6.45, 7) is 3.38. The fraction of sp³-hybridized carbons (Fsp3) is 0.571. The fourth-order valence-electron chi connectivity index (χ4n) is 2.12. The zero-order valence-corrected chi connectivity index (χ0v) is 11.0. The van der Waals surface area contributed by atoms with Gasteiger partial charge in [-0.05, 0) is 37.5 Å². The van der Waals surface area contributed by atoms with Gasteiger partial charge in [-0.15, -0.1) is 0 Å². The third kappa shape index (κ3) is 3.15. The molecule has 2 N–H and O–H groups in total. The number of hydrogen-bond donors (Lipinski definition) is 2. The number of aliphatic hydroxyl groups excluding tert-OH is 1. The van der Waals surface area contributed by atoms with E-state index in [0.717, 1.165) is 30.9 Å². The molecule has 0 aromatic heterocycles. The molecule has 1 aromatic carbocycles. The first-order valence-electron chi connectivity index (χ1n) is 6.44. The van der Waals surface area contributed by atoms with Crippen molar-refractivity contribution in [2.45, 2.75) is 38.5 Å². The van der Waals surface area contributed by atoms with Crippen LogP contribution in [0, 0.1) is 0 Å². The first-order chi connectivity index (χ1) is 8.72. The molecule has 18 heavy (non-hydrogen) atoms. The fourth-order valence-corrected chi connectivity index (χ4v) is 2.12. The predicted octanol–water partition coefficient (Wildman–Crippen LogP) is 1.71. The van der Waals surface area contributed by atoms with Gasteiger partial charge in [0, 0.05) is 12.6 Å². The highest BCUT2D eigenvalue weighted by molar-refractivity contribution is 5.42. The summed E-state index contributed by atoms with van der Waals surface area (Å²) in [6.07, 6.45) is 1.60. The Balaban J connectivity index is 1.93. The molecule has 0 atom stereocenters. The number of aliphatic hydroxyl groups is 1. The second kappa shape index (κ2) is 6.07. The Morgan fingerprint density at radius 3 is 2.72 bits per heavy atom. The molecule has 1 aliphatic rings. The van der Waals surface area contributed by atoms with Crippen molar-refractivity contribution >= 4 is 0 Å². The van der Waals surface area contributed by atoms with Gasteiger partial charge in [0.2, 0.25) is 0 Å². The average molecular weight is 251 g/mol. The zero-order valence-electron chi connectivity index (χ0n) is 11.0. The maximum atomic E-state index is 9.22. The largest absolute Gasteiger partial charge is 0.493 e. The number of hydrogen-bond acceptors (Lipinski definition) is 4. The van der Waals surface area contributed by atoms with E-state index in [-0.39, 0.29) is 6.10 Å². The maximum absolute atomic E-state index is 9.22. The molecule has 0 heterocycles. The van der Waals surface area contributed by atoms with Crippen LogP contribution in [-0.2, 0) is 6.54 Å². The van der Waals surface area contributed by atoms with Gasteiger partial charge in [0.25, 0.3) is 0 Å². The monoisotopic (exact) mass is 251 g/mol. The van der Waals surface area contributed by atoms with Gasteiger partial charge >= 0.3 is 0 Å².